The minimum Gasteiger partial charge on any atom is -0.466 e. The summed E-state index contributed by atoms with van der Waals surface area (Å²) in [6.45, 7) is 6.06. The van der Waals surface area contributed by atoms with Gasteiger partial charge < -0.3 is 15.4 Å². The first kappa shape index (κ1) is 18.4. The Balaban J connectivity index is 4.21. The molecule has 0 fully saturated rings. The molecule has 0 aliphatic carbocycles. The predicted octanol–water partition coefficient (Wildman–Crippen LogP) is 1.14. The van der Waals surface area contributed by atoms with Crippen LogP contribution in [-0.2, 0) is 19.1 Å². The first-order chi connectivity index (χ1) is 9.51. The summed E-state index contributed by atoms with van der Waals surface area (Å²) in [5.74, 6) is -0.898. The number of esters is 1. The standard InChI is InChI=1S/C14H26N2O4/c1-4-6-7-10-15-14(19)12(16-11(3)17)8-9-13(18)20-5-2/h12H,4-10H2,1-3H3,(H,15,19)(H,16,17)/t12-/m1/s1. The topological polar surface area (TPSA) is 84.5 Å². The van der Waals surface area contributed by atoms with Crippen molar-refractivity contribution in [2.45, 2.75) is 58.9 Å². The van der Waals surface area contributed by atoms with Crippen LogP contribution in [0.4, 0.5) is 0 Å². The average Bonchev–Trinajstić information content (AvgIpc) is 2.39. The Bertz CT molecular complexity index is 318. The van der Waals surface area contributed by atoms with E-state index in [0.717, 1.165) is 19.3 Å². The molecule has 0 radical (unpaired) electrons. The Labute approximate surface area is 120 Å². The van der Waals surface area contributed by atoms with Gasteiger partial charge >= 0.3 is 5.97 Å². The van der Waals surface area contributed by atoms with E-state index >= 15 is 0 Å². The second kappa shape index (κ2) is 11.3. The maximum atomic E-state index is 11.9. The minimum atomic E-state index is -0.682. The van der Waals surface area contributed by atoms with Crippen molar-refractivity contribution in [2.75, 3.05) is 13.2 Å². The van der Waals surface area contributed by atoms with Crippen LogP contribution in [0.1, 0.15) is 52.9 Å². The largest absolute Gasteiger partial charge is 0.466 e. The first-order valence-electron chi connectivity index (χ1n) is 7.21. The molecule has 0 heterocycles. The highest BCUT2D eigenvalue weighted by Gasteiger charge is 2.20. The summed E-state index contributed by atoms with van der Waals surface area (Å²) in [5.41, 5.74) is 0. The molecule has 1 atom stereocenters. The van der Waals surface area contributed by atoms with E-state index in [0.29, 0.717) is 13.2 Å². The minimum absolute atomic E-state index is 0.112. The van der Waals surface area contributed by atoms with E-state index in [1.165, 1.54) is 6.92 Å². The van der Waals surface area contributed by atoms with Crippen LogP contribution >= 0.6 is 0 Å². The Morgan fingerprint density at radius 3 is 2.40 bits per heavy atom. The van der Waals surface area contributed by atoms with E-state index in [1.807, 2.05) is 0 Å². The van der Waals surface area contributed by atoms with Gasteiger partial charge in [-0.2, -0.15) is 0 Å². The fourth-order valence-corrected chi connectivity index (χ4v) is 1.72. The zero-order valence-corrected chi connectivity index (χ0v) is 12.7. The highest BCUT2D eigenvalue weighted by molar-refractivity contribution is 5.87. The second-order valence-electron chi connectivity index (χ2n) is 4.59. The molecule has 2 amide bonds. The summed E-state index contributed by atoms with van der Waals surface area (Å²) < 4.78 is 4.81. The van der Waals surface area contributed by atoms with Gasteiger partial charge in [-0.25, -0.2) is 0 Å². The summed E-state index contributed by atoms with van der Waals surface area (Å²) in [6, 6.07) is -0.682. The monoisotopic (exact) mass is 286 g/mol. The Hall–Kier alpha value is -1.59. The third-order valence-corrected chi connectivity index (χ3v) is 2.72. The van der Waals surface area contributed by atoms with Crippen molar-refractivity contribution in [1.82, 2.24) is 10.6 Å². The molecule has 0 aromatic rings. The molecule has 2 N–H and O–H groups in total. The van der Waals surface area contributed by atoms with Gasteiger partial charge in [0.05, 0.1) is 6.61 Å². The Morgan fingerprint density at radius 1 is 1.15 bits per heavy atom. The fourth-order valence-electron chi connectivity index (χ4n) is 1.72. The molecular weight excluding hydrogens is 260 g/mol. The first-order valence-corrected chi connectivity index (χ1v) is 7.21. The van der Waals surface area contributed by atoms with Gasteiger partial charge in [-0.05, 0) is 19.8 Å². The van der Waals surface area contributed by atoms with Gasteiger partial charge in [0.15, 0.2) is 0 Å². The van der Waals surface area contributed by atoms with E-state index in [2.05, 4.69) is 17.6 Å². The molecule has 0 unspecified atom stereocenters. The van der Waals surface area contributed by atoms with Gasteiger partial charge in [-0.15, -0.1) is 0 Å². The van der Waals surface area contributed by atoms with Crippen LogP contribution in [0, 0.1) is 0 Å². The molecule has 0 saturated carbocycles. The fraction of sp³-hybridized carbons (Fsp3) is 0.786. The number of rotatable bonds is 10. The molecule has 6 nitrogen and oxygen atoms in total. The molecule has 0 aliphatic heterocycles. The average molecular weight is 286 g/mol. The van der Waals surface area contributed by atoms with Crippen LogP contribution in [0.25, 0.3) is 0 Å². The molecule has 0 aliphatic rings. The number of carbonyl (C=O) groups is 3. The zero-order valence-electron chi connectivity index (χ0n) is 12.7. The maximum Gasteiger partial charge on any atom is 0.305 e. The third kappa shape index (κ3) is 9.35. The van der Waals surface area contributed by atoms with E-state index in [4.69, 9.17) is 4.74 Å². The van der Waals surface area contributed by atoms with Crippen molar-refractivity contribution < 1.29 is 19.1 Å². The number of hydrogen-bond donors (Lipinski definition) is 2. The van der Waals surface area contributed by atoms with Crippen LogP contribution in [0.5, 0.6) is 0 Å². The lowest BCUT2D eigenvalue weighted by Gasteiger charge is -2.17. The van der Waals surface area contributed by atoms with Gasteiger partial charge in [-0.3, -0.25) is 14.4 Å². The summed E-state index contributed by atoms with van der Waals surface area (Å²) in [6.07, 6.45) is 3.40. The number of nitrogens with one attached hydrogen (secondary N) is 2. The molecule has 6 heteroatoms. The Kier molecular flexibility index (Phi) is 10.4. The lowest BCUT2D eigenvalue weighted by Crippen LogP contribution is -2.46. The molecule has 0 saturated heterocycles. The van der Waals surface area contributed by atoms with E-state index < -0.39 is 6.04 Å². The maximum absolute atomic E-state index is 11.9. The third-order valence-electron chi connectivity index (χ3n) is 2.72. The molecule has 116 valence electrons. The van der Waals surface area contributed by atoms with E-state index in [1.54, 1.807) is 6.92 Å². The molecule has 0 aromatic carbocycles. The molecular formula is C14H26N2O4. The van der Waals surface area contributed by atoms with Crippen LogP contribution in [0.2, 0.25) is 0 Å². The van der Waals surface area contributed by atoms with E-state index in [-0.39, 0.29) is 30.6 Å². The highest BCUT2D eigenvalue weighted by Crippen LogP contribution is 2.01. The highest BCUT2D eigenvalue weighted by atomic mass is 16.5. The number of unbranched alkanes of at least 4 members (excludes halogenated alkanes) is 2. The van der Waals surface area contributed by atoms with Gasteiger partial charge in [-0.1, -0.05) is 19.8 Å². The quantitative estimate of drug-likeness (QED) is 0.466. The number of amides is 2. The van der Waals surface area contributed by atoms with Crippen LogP contribution in [0.3, 0.4) is 0 Å². The SMILES string of the molecule is CCCCCNC(=O)[C@@H](CCC(=O)OCC)NC(C)=O. The second-order valence-corrected chi connectivity index (χ2v) is 4.59. The number of hydrogen-bond acceptors (Lipinski definition) is 4. The van der Waals surface area contributed by atoms with Gasteiger partial charge in [0.25, 0.3) is 0 Å². The van der Waals surface area contributed by atoms with Gasteiger partial charge in [0.2, 0.25) is 11.8 Å². The number of carbonyl (C=O) groups excluding carboxylic acids is 3. The summed E-state index contributed by atoms with van der Waals surface area (Å²) >= 11 is 0. The van der Waals surface area contributed by atoms with Crippen LogP contribution in [-0.4, -0.2) is 37.0 Å². The van der Waals surface area contributed by atoms with Crippen LogP contribution in [0.15, 0.2) is 0 Å². The molecule has 0 rings (SSSR count). The lowest BCUT2D eigenvalue weighted by molar-refractivity contribution is -0.143. The van der Waals surface area contributed by atoms with Gasteiger partial charge in [0, 0.05) is 19.9 Å². The van der Waals surface area contributed by atoms with Gasteiger partial charge in [0.1, 0.15) is 6.04 Å². The molecule has 20 heavy (non-hydrogen) atoms. The lowest BCUT2D eigenvalue weighted by atomic mass is 10.1. The van der Waals surface area contributed by atoms with E-state index in [9.17, 15) is 14.4 Å². The molecule has 0 aromatic heterocycles. The Morgan fingerprint density at radius 2 is 1.85 bits per heavy atom. The molecule has 0 bridgehead atoms. The normalized spacial score (nSPS) is 11.6. The van der Waals surface area contributed by atoms with Crippen molar-refractivity contribution in [3.05, 3.63) is 0 Å². The summed E-state index contributed by atoms with van der Waals surface area (Å²) in [4.78, 5) is 34.3. The van der Waals surface area contributed by atoms with Crippen molar-refractivity contribution in [1.29, 1.82) is 0 Å². The zero-order chi connectivity index (χ0) is 15.4. The molecule has 0 spiro atoms. The number of ether oxygens (including phenoxy) is 1. The van der Waals surface area contributed by atoms with Crippen LogP contribution < -0.4 is 10.6 Å². The van der Waals surface area contributed by atoms with Crippen molar-refractivity contribution >= 4 is 17.8 Å². The predicted molar refractivity (Wildman–Crippen MR) is 76.0 cm³/mol. The van der Waals surface area contributed by atoms with Crippen molar-refractivity contribution in [3.8, 4) is 0 Å². The van der Waals surface area contributed by atoms with Crippen molar-refractivity contribution in [3.63, 3.8) is 0 Å². The smallest absolute Gasteiger partial charge is 0.305 e. The van der Waals surface area contributed by atoms with Crippen molar-refractivity contribution in [2.24, 2.45) is 0 Å². The summed E-state index contributed by atoms with van der Waals surface area (Å²) in [7, 11) is 0. The summed E-state index contributed by atoms with van der Waals surface area (Å²) in [5, 5.41) is 5.33.